The van der Waals surface area contributed by atoms with Gasteiger partial charge in [-0.25, -0.2) is 0 Å². The Kier molecular flexibility index (Phi) is 6.08. The first-order valence-electron chi connectivity index (χ1n) is 4.38. The van der Waals surface area contributed by atoms with E-state index < -0.39 is 0 Å². The van der Waals surface area contributed by atoms with E-state index in [9.17, 15) is 0 Å². The van der Waals surface area contributed by atoms with Crippen LogP contribution in [0.5, 0.6) is 0 Å². The lowest BCUT2D eigenvalue weighted by Crippen LogP contribution is -1.77. The molecule has 0 aromatic rings. The van der Waals surface area contributed by atoms with E-state index >= 15 is 0 Å². The summed E-state index contributed by atoms with van der Waals surface area (Å²) in [5, 5.41) is 0. The minimum atomic E-state index is 1.07. The summed E-state index contributed by atoms with van der Waals surface area (Å²) in [7, 11) is 0. The zero-order chi connectivity index (χ0) is 9.40. The predicted molar refractivity (Wildman–Crippen MR) is 57.1 cm³/mol. The second-order valence-corrected chi connectivity index (χ2v) is 2.65. The number of rotatable bonds is 4. The number of allylic oxidation sites excluding steroid dienone is 7. The summed E-state index contributed by atoms with van der Waals surface area (Å²) >= 11 is 0. The van der Waals surface area contributed by atoms with Gasteiger partial charge in [-0.15, -0.1) is 0 Å². The first-order chi connectivity index (χ1) is 5.76. The average Bonchev–Trinajstić information content (AvgIpc) is 2.06. The number of hydrogen-bond donors (Lipinski definition) is 0. The van der Waals surface area contributed by atoms with E-state index in [1.807, 2.05) is 19.1 Å². The van der Waals surface area contributed by atoms with Crippen molar-refractivity contribution in [2.45, 2.75) is 27.2 Å². The van der Waals surface area contributed by atoms with Gasteiger partial charge in [-0.3, -0.25) is 0 Å². The fourth-order valence-corrected chi connectivity index (χ4v) is 0.952. The van der Waals surface area contributed by atoms with Crippen molar-refractivity contribution >= 4 is 0 Å². The highest BCUT2D eigenvalue weighted by atomic mass is 13.9. The molecule has 0 fully saturated rings. The van der Waals surface area contributed by atoms with Crippen LogP contribution < -0.4 is 0 Å². The molecule has 0 N–H and O–H groups in total. The standard InChI is InChI=1S/C12H18/c1-5-8-10-12(7-3)11(4)9-6-2/h6-10H,3,5H2,1-2,4H3/b9-6-,10-8+,12-11+. The molecule has 0 aliphatic carbocycles. The van der Waals surface area contributed by atoms with Gasteiger partial charge in [0.25, 0.3) is 0 Å². The molecule has 0 heterocycles. The first kappa shape index (κ1) is 11.0. The molecule has 0 rings (SSSR count). The third-order valence-corrected chi connectivity index (χ3v) is 1.63. The Balaban J connectivity index is 4.60. The third kappa shape index (κ3) is 3.97. The summed E-state index contributed by atoms with van der Waals surface area (Å²) in [4.78, 5) is 0. The lowest BCUT2D eigenvalue weighted by Gasteiger charge is -1.97. The molecule has 0 saturated carbocycles. The van der Waals surface area contributed by atoms with Crippen molar-refractivity contribution in [3.63, 3.8) is 0 Å². The Morgan fingerprint density at radius 2 is 2.00 bits per heavy atom. The molecule has 0 amide bonds. The molecule has 0 heteroatoms. The van der Waals surface area contributed by atoms with Crippen LogP contribution in [0.4, 0.5) is 0 Å². The van der Waals surface area contributed by atoms with Gasteiger partial charge in [-0.2, -0.15) is 0 Å². The maximum Gasteiger partial charge on any atom is -0.0237 e. The highest BCUT2D eigenvalue weighted by molar-refractivity contribution is 5.38. The Bertz CT molecular complexity index is 214. The molecule has 0 aromatic heterocycles. The second-order valence-electron chi connectivity index (χ2n) is 2.65. The van der Waals surface area contributed by atoms with Crippen molar-refractivity contribution in [2.75, 3.05) is 0 Å². The average molecular weight is 162 g/mol. The van der Waals surface area contributed by atoms with Crippen molar-refractivity contribution in [1.82, 2.24) is 0 Å². The van der Waals surface area contributed by atoms with Crippen LogP contribution in [0.25, 0.3) is 0 Å². The maximum absolute atomic E-state index is 3.77. The molecule has 0 aromatic carbocycles. The maximum atomic E-state index is 3.77. The molecule has 12 heavy (non-hydrogen) atoms. The van der Waals surface area contributed by atoms with E-state index in [1.54, 1.807) is 0 Å². The molecule has 0 bridgehead atoms. The summed E-state index contributed by atoms with van der Waals surface area (Å²) in [6.07, 6.45) is 11.4. The molecular formula is C12H18. The fraction of sp³-hybridized carbons (Fsp3) is 0.333. The Labute approximate surface area is 76.0 Å². The van der Waals surface area contributed by atoms with Crippen LogP contribution in [0.2, 0.25) is 0 Å². The topological polar surface area (TPSA) is 0 Å². The molecule has 0 radical (unpaired) electrons. The molecule has 0 spiro atoms. The van der Waals surface area contributed by atoms with Crippen LogP contribution in [0, 0.1) is 0 Å². The van der Waals surface area contributed by atoms with Crippen molar-refractivity contribution in [3.8, 4) is 0 Å². The van der Waals surface area contributed by atoms with Gasteiger partial charge in [0.05, 0.1) is 0 Å². The zero-order valence-electron chi connectivity index (χ0n) is 8.30. The van der Waals surface area contributed by atoms with Gasteiger partial charge in [0, 0.05) is 0 Å². The largest absolute Gasteiger partial charge is 0.0985 e. The summed E-state index contributed by atoms with van der Waals surface area (Å²) in [6, 6.07) is 0. The van der Waals surface area contributed by atoms with Gasteiger partial charge < -0.3 is 0 Å². The van der Waals surface area contributed by atoms with Gasteiger partial charge in [0.1, 0.15) is 0 Å². The van der Waals surface area contributed by atoms with E-state index in [0.29, 0.717) is 0 Å². The smallest absolute Gasteiger partial charge is 0.0237 e. The van der Waals surface area contributed by atoms with E-state index in [-0.39, 0.29) is 0 Å². The predicted octanol–water partition coefficient (Wildman–Crippen LogP) is 4.03. The van der Waals surface area contributed by atoms with E-state index in [2.05, 4.69) is 38.7 Å². The zero-order valence-corrected chi connectivity index (χ0v) is 8.30. The van der Waals surface area contributed by atoms with E-state index in [4.69, 9.17) is 0 Å². The summed E-state index contributed by atoms with van der Waals surface area (Å²) < 4.78 is 0. The Morgan fingerprint density at radius 3 is 2.42 bits per heavy atom. The minimum absolute atomic E-state index is 1.07. The lowest BCUT2D eigenvalue weighted by atomic mass is 10.1. The fourth-order valence-electron chi connectivity index (χ4n) is 0.952. The molecule has 66 valence electrons. The van der Waals surface area contributed by atoms with Crippen LogP contribution in [0.3, 0.4) is 0 Å². The Hall–Kier alpha value is -1.04. The number of hydrogen-bond acceptors (Lipinski definition) is 0. The molecule has 0 atom stereocenters. The summed E-state index contributed by atoms with van der Waals surface area (Å²) in [5.74, 6) is 0. The Morgan fingerprint density at radius 1 is 1.33 bits per heavy atom. The van der Waals surface area contributed by atoms with Gasteiger partial charge in [-0.05, 0) is 31.4 Å². The third-order valence-electron chi connectivity index (χ3n) is 1.63. The molecule has 0 nitrogen and oxygen atoms in total. The normalized spacial score (nSPS) is 13.9. The SMILES string of the molecule is C=CC(/C=C/CC)=C(C)\C=C/C. The summed E-state index contributed by atoms with van der Waals surface area (Å²) in [5.41, 5.74) is 2.46. The molecule has 0 saturated heterocycles. The van der Waals surface area contributed by atoms with Crippen LogP contribution in [0.15, 0.2) is 48.1 Å². The van der Waals surface area contributed by atoms with Crippen LogP contribution >= 0.6 is 0 Å². The monoisotopic (exact) mass is 162 g/mol. The minimum Gasteiger partial charge on any atom is -0.0985 e. The second kappa shape index (κ2) is 6.66. The molecule has 0 aliphatic heterocycles. The van der Waals surface area contributed by atoms with Crippen molar-refractivity contribution in [2.24, 2.45) is 0 Å². The first-order valence-corrected chi connectivity index (χ1v) is 4.38. The van der Waals surface area contributed by atoms with Gasteiger partial charge in [-0.1, -0.05) is 43.9 Å². The van der Waals surface area contributed by atoms with E-state index in [0.717, 1.165) is 6.42 Å². The molecule has 0 aliphatic rings. The quantitative estimate of drug-likeness (QED) is 0.547. The molecule has 0 unspecified atom stereocenters. The molecular weight excluding hydrogens is 144 g/mol. The highest BCUT2D eigenvalue weighted by Gasteiger charge is 1.88. The summed E-state index contributed by atoms with van der Waals surface area (Å²) in [6.45, 7) is 10.0. The highest BCUT2D eigenvalue weighted by Crippen LogP contribution is 2.08. The van der Waals surface area contributed by atoms with Crippen molar-refractivity contribution in [1.29, 1.82) is 0 Å². The van der Waals surface area contributed by atoms with Crippen LogP contribution in [-0.2, 0) is 0 Å². The van der Waals surface area contributed by atoms with Crippen LogP contribution in [-0.4, -0.2) is 0 Å². The van der Waals surface area contributed by atoms with Gasteiger partial charge >= 0.3 is 0 Å². The van der Waals surface area contributed by atoms with Gasteiger partial charge in [0.15, 0.2) is 0 Å². The van der Waals surface area contributed by atoms with E-state index in [1.165, 1.54) is 11.1 Å². The van der Waals surface area contributed by atoms with Crippen LogP contribution in [0.1, 0.15) is 27.2 Å². The van der Waals surface area contributed by atoms with Crippen molar-refractivity contribution in [3.05, 3.63) is 48.1 Å². The van der Waals surface area contributed by atoms with Crippen molar-refractivity contribution < 1.29 is 0 Å². The lowest BCUT2D eigenvalue weighted by molar-refractivity contribution is 1.22. The van der Waals surface area contributed by atoms with Gasteiger partial charge in [0.2, 0.25) is 0 Å².